The second kappa shape index (κ2) is 14.9. The van der Waals surface area contributed by atoms with Crippen LogP contribution in [0.1, 0.15) is 56.1 Å². The fourth-order valence-electron chi connectivity index (χ4n) is 7.53. The molecule has 0 spiro atoms. The van der Waals surface area contributed by atoms with Crippen LogP contribution < -0.4 is 9.47 Å². The van der Waals surface area contributed by atoms with Crippen LogP contribution >= 0.6 is 0 Å². The summed E-state index contributed by atoms with van der Waals surface area (Å²) in [6, 6.07) is 33.0. The second-order valence-electron chi connectivity index (χ2n) is 14.1. The van der Waals surface area contributed by atoms with Gasteiger partial charge in [-0.15, -0.1) is 0 Å². The number of para-hydroxylation sites is 2. The van der Waals surface area contributed by atoms with E-state index < -0.39 is 41.0 Å². The first-order valence-electron chi connectivity index (χ1n) is 17.9. The van der Waals surface area contributed by atoms with Crippen molar-refractivity contribution in [1.29, 1.82) is 0 Å². The summed E-state index contributed by atoms with van der Waals surface area (Å²) in [6.07, 6.45) is 4.31. The van der Waals surface area contributed by atoms with E-state index in [1.54, 1.807) is 9.80 Å². The number of rotatable bonds is 14. The molecule has 4 aromatic carbocycles. The Labute approximate surface area is 302 Å². The van der Waals surface area contributed by atoms with E-state index in [4.69, 9.17) is 9.47 Å². The lowest BCUT2D eigenvalue weighted by Gasteiger charge is -2.54. The molecule has 2 atom stereocenters. The predicted molar refractivity (Wildman–Crippen MR) is 192 cm³/mol. The third-order valence-electron chi connectivity index (χ3n) is 10.9. The fraction of sp³-hybridized carbons (Fsp3) is 0.333. The minimum absolute atomic E-state index is 0.153. The Hall–Kier alpha value is -5.64. The largest absolute Gasteiger partial charge is 0.481 e. The number of hydrogen-bond acceptors (Lipinski definition) is 6. The second-order valence-corrected chi connectivity index (χ2v) is 14.1. The van der Waals surface area contributed by atoms with E-state index in [2.05, 4.69) is 0 Å². The van der Waals surface area contributed by atoms with Crippen LogP contribution in [0, 0.1) is 17.3 Å². The number of carboxylic acid groups (broad SMARTS) is 2. The van der Waals surface area contributed by atoms with Crippen molar-refractivity contribution in [3.8, 4) is 23.0 Å². The van der Waals surface area contributed by atoms with Gasteiger partial charge < -0.3 is 29.5 Å². The summed E-state index contributed by atoms with van der Waals surface area (Å²) in [7, 11) is 0. The van der Waals surface area contributed by atoms with Crippen molar-refractivity contribution in [2.75, 3.05) is 0 Å². The average molecular weight is 703 g/mol. The van der Waals surface area contributed by atoms with Crippen molar-refractivity contribution in [3.63, 3.8) is 0 Å². The minimum Gasteiger partial charge on any atom is -0.481 e. The highest BCUT2D eigenvalue weighted by Crippen LogP contribution is 2.55. The van der Waals surface area contributed by atoms with E-state index in [-0.39, 0.29) is 31.6 Å². The average Bonchev–Trinajstić information content (AvgIpc) is 3.08. The van der Waals surface area contributed by atoms with Gasteiger partial charge in [0, 0.05) is 25.2 Å². The molecule has 2 unspecified atom stereocenters. The topological polar surface area (TPSA) is 134 Å². The molecule has 268 valence electrons. The first-order chi connectivity index (χ1) is 25.2. The molecule has 0 bridgehead atoms. The molecule has 0 aliphatic heterocycles. The van der Waals surface area contributed by atoms with E-state index in [9.17, 15) is 19.8 Å². The Bertz CT molecular complexity index is 1770. The fourth-order valence-corrected chi connectivity index (χ4v) is 7.53. The van der Waals surface area contributed by atoms with Crippen LogP contribution in [0.15, 0.2) is 109 Å². The first-order valence-corrected chi connectivity index (χ1v) is 17.9. The van der Waals surface area contributed by atoms with Gasteiger partial charge in [0.2, 0.25) is 11.8 Å². The van der Waals surface area contributed by atoms with Gasteiger partial charge in [0.1, 0.15) is 28.4 Å². The molecule has 0 saturated heterocycles. The van der Waals surface area contributed by atoms with Crippen molar-refractivity contribution < 1.29 is 38.9 Å². The van der Waals surface area contributed by atoms with E-state index in [1.165, 1.54) is 0 Å². The highest BCUT2D eigenvalue weighted by Gasteiger charge is 2.71. The molecule has 3 saturated carbocycles. The maximum absolute atomic E-state index is 15.0. The Kier molecular flexibility index (Phi) is 9.98. The van der Waals surface area contributed by atoms with Crippen molar-refractivity contribution in [2.45, 2.75) is 70.1 Å². The Morgan fingerprint density at radius 2 is 0.942 bits per heavy atom. The quantitative estimate of drug-likeness (QED) is 0.129. The molecule has 2 N–H and O–H groups in total. The van der Waals surface area contributed by atoms with Crippen molar-refractivity contribution >= 4 is 23.8 Å². The lowest BCUT2D eigenvalue weighted by atomic mass is 9.51. The zero-order valence-corrected chi connectivity index (χ0v) is 28.8. The SMILES string of the molecule is O=C(O)C1CC(C(=O)N(Cc2ccc(Oc3ccccc3)cc2)C2CCC2)(C(=O)N(Cc2ccc(Oc3ccccc3)cc2)C2CCC2)C1C(=O)O. The van der Waals surface area contributed by atoms with Crippen molar-refractivity contribution in [3.05, 3.63) is 120 Å². The van der Waals surface area contributed by atoms with Gasteiger partial charge in [0.15, 0.2) is 0 Å². The van der Waals surface area contributed by atoms with Gasteiger partial charge >= 0.3 is 11.9 Å². The molecule has 0 aromatic heterocycles. The van der Waals surface area contributed by atoms with Gasteiger partial charge in [-0.05, 0) is 105 Å². The minimum atomic E-state index is -2.05. The predicted octanol–water partition coefficient (Wildman–Crippen LogP) is 7.53. The summed E-state index contributed by atoms with van der Waals surface area (Å²) in [6.45, 7) is 0.307. The summed E-state index contributed by atoms with van der Waals surface area (Å²) in [5.41, 5.74) is -0.469. The third-order valence-corrected chi connectivity index (χ3v) is 10.9. The normalized spacial score (nSPS) is 19.2. The van der Waals surface area contributed by atoms with Crippen LogP contribution in [0.25, 0.3) is 0 Å². The maximum atomic E-state index is 15.0. The van der Waals surface area contributed by atoms with Gasteiger partial charge in [-0.2, -0.15) is 0 Å². The molecular weight excluding hydrogens is 660 g/mol. The van der Waals surface area contributed by atoms with E-state index >= 15 is 9.59 Å². The number of carboxylic acids is 2. The summed E-state index contributed by atoms with van der Waals surface area (Å²) >= 11 is 0. The van der Waals surface area contributed by atoms with Crippen LogP contribution in [0.4, 0.5) is 0 Å². The summed E-state index contributed by atoms with van der Waals surface area (Å²) < 4.78 is 11.9. The van der Waals surface area contributed by atoms with E-state index in [0.717, 1.165) is 49.7 Å². The van der Waals surface area contributed by atoms with Crippen molar-refractivity contribution in [2.24, 2.45) is 17.3 Å². The molecule has 3 aliphatic carbocycles. The number of carbonyl (C=O) groups excluding carboxylic acids is 2. The summed E-state index contributed by atoms with van der Waals surface area (Å²) in [5.74, 6) is -4.43. The van der Waals surface area contributed by atoms with Gasteiger partial charge in [-0.25, -0.2) is 0 Å². The highest BCUT2D eigenvalue weighted by molar-refractivity contribution is 6.11. The molecule has 10 heteroatoms. The molecule has 4 aromatic rings. The van der Waals surface area contributed by atoms with Crippen molar-refractivity contribution in [1.82, 2.24) is 9.80 Å². The number of benzene rings is 4. The monoisotopic (exact) mass is 702 g/mol. The van der Waals surface area contributed by atoms with Crippen LogP contribution in [-0.4, -0.2) is 55.8 Å². The Balaban J connectivity index is 1.17. The lowest BCUT2D eigenvalue weighted by Crippen LogP contribution is -2.70. The molecule has 0 heterocycles. The van der Waals surface area contributed by atoms with Gasteiger partial charge in [-0.1, -0.05) is 60.7 Å². The highest BCUT2D eigenvalue weighted by atomic mass is 16.5. The Morgan fingerprint density at radius 1 is 0.558 bits per heavy atom. The number of aliphatic carboxylic acids is 2. The summed E-state index contributed by atoms with van der Waals surface area (Å²) in [5, 5.41) is 20.6. The van der Waals surface area contributed by atoms with E-state index in [1.807, 2.05) is 109 Å². The number of nitrogens with zero attached hydrogens (tertiary/aromatic N) is 2. The first kappa shape index (κ1) is 34.8. The number of ether oxygens (including phenoxy) is 2. The van der Waals surface area contributed by atoms with E-state index in [0.29, 0.717) is 23.0 Å². The molecule has 2 amide bonds. The molecule has 10 nitrogen and oxygen atoms in total. The van der Waals surface area contributed by atoms with Gasteiger partial charge in [0.05, 0.1) is 11.8 Å². The molecular formula is C42H42N2O8. The van der Waals surface area contributed by atoms with Gasteiger partial charge in [-0.3, -0.25) is 19.2 Å². The Morgan fingerprint density at radius 3 is 1.27 bits per heavy atom. The lowest BCUT2D eigenvalue weighted by molar-refractivity contribution is -0.197. The molecule has 3 aliphatic rings. The number of hydrogen-bond donors (Lipinski definition) is 2. The summed E-state index contributed by atoms with van der Waals surface area (Å²) in [4.78, 5) is 58.6. The molecule has 3 fully saturated rings. The standard InChI is InChI=1S/C42H42N2O8/c45-38(46)36-25-42(37(36)39(47)48,40(49)43(30-9-7-10-30)26-28-17-21-34(22-18-28)51-32-13-3-1-4-14-32)41(50)44(31-11-8-12-31)27-29-19-23-35(24-20-29)52-33-15-5-2-6-16-33/h1-6,13-24,30-31,36-37H,7-12,25-27H2,(H,45,46)(H,47,48). The van der Waals surface area contributed by atoms with Crippen LogP contribution in [0.5, 0.6) is 23.0 Å². The molecule has 7 rings (SSSR count). The van der Waals surface area contributed by atoms with Gasteiger partial charge in [0.25, 0.3) is 0 Å². The smallest absolute Gasteiger partial charge is 0.309 e. The number of carbonyl (C=O) groups is 4. The zero-order chi connectivity index (χ0) is 36.2. The molecule has 52 heavy (non-hydrogen) atoms. The molecule has 0 radical (unpaired) electrons. The van der Waals surface area contributed by atoms with Crippen LogP contribution in [-0.2, 0) is 32.3 Å². The zero-order valence-electron chi connectivity index (χ0n) is 28.8. The third kappa shape index (κ3) is 6.97. The number of amides is 2. The maximum Gasteiger partial charge on any atom is 0.309 e. The van der Waals surface area contributed by atoms with Crippen LogP contribution in [0.3, 0.4) is 0 Å². The van der Waals surface area contributed by atoms with Crippen LogP contribution in [0.2, 0.25) is 0 Å².